The van der Waals surface area contributed by atoms with Gasteiger partial charge in [-0.05, 0) is 44.3 Å². The molecule has 28 heavy (non-hydrogen) atoms. The number of aromatic nitrogens is 3. The number of fused-ring (bicyclic) bond motifs is 1. The molecule has 3 aromatic rings. The molecule has 8 heteroatoms. The SMILES string of the molecule is CN(C)C1CCN(c2cnc(N)c(N(N)Cc3ccc4ncccc4c3)n2)C1. The van der Waals surface area contributed by atoms with Gasteiger partial charge in [0.25, 0.3) is 0 Å². The molecule has 4 N–H and O–H groups in total. The van der Waals surface area contributed by atoms with E-state index in [-0.39, 0.29) is 0 Å². The first-order chi connectivity index (χ1) is 13.5. The van der Waals surface area contributed by atoms with Crippen LogP contribution in [0.4, 0.5) is 17.5 Å². The van der Waals surface area contributed by atoms with Gasteiger partial charge in [-0.1, -0.05) is 12.1 Å². The molecule has 0 spiro atoms. The van der Waals surface area contributed by atoms with Crippen LogP contribution in [0.25, 0.3) is 10.9 Å². The minimum atomic E-state index is 0.331. The van der Waals surface area contributed by atoms with Gasteiger partial charge >= 0.3 is 0 Å². The molecule has 0 aliphatic carbocycles. The molecule has 2 aromatic heterocycles. The zero-order valence-electron chi connectivity index (χ0n) is 16.3. The zero-order chi connectivity index (χ0) is 19.7. The van der Waals surface area contributed by atoms with E-state index in [0.29, 0.717) is 24.2 Å². The fourth-order valence-corrected chi connectivity index (χ4v) is 3.61. The zero-order valence-corrected chi connectivity index (χ0v) is 16.3. The molecule has 1 aromatic carbocycles. The van der Waals surface area contributed by atoms with Crippen molar-refractivity contribution in [1.82, 2.24) is 19.9 Å². The largest absolute Gasteiger partial charge is 0.381 e. The lowest BCUT2D eigenvalue weighted by molar-refractivity contribution is 0.315. The Morgan fingerprint density at radius 1 is 1.21 bits per heavy atom. The molecule has 8 nitrogen and oxygen atoms in total. The van der Waals surface area contributed by atoms with E-state index in [9.17, 15) is 0 Å². The number of rotatable bonds is 5. The predicted octanol–water partition coefficient (Wildman–Crippen LogP) is 1.63. The Morgan fingerprint density at radius 2 is 2.07 bits per heavy atom. The van der Waals surface area contributed by atoms with Crippen molar-refractivity contribution in [2.75, 3.05) is 42.8 Å². The number of pyridine rings is 1. The van der Waals surface area contributed by atoms with Crippen molar-refractivity contribution in [1.29, 1.82) is 0 Å². The fourth-order valence-electron chi connectivity index (χ4n) is 3.61. The molecule has 0 saturated carbocycles. The highest BCUT2D eigenvalue weighted by atomic mass is 15.4. The molecule has 0 radical (unpaired) electrons. The maximum atomic E-state index is 6.32. The lowest BCUT2D eigenvalue weighted by atomic mass is 10.1. The van der Waals surface area contributed by atoms with Crippen LogP contribution < -0.4 is 21.5 Å². The first-order valence-corrected chi connectivity index (χ1v) is 9.41. The number of hydrogen-bond acceptors (Lipinski definition) is 8. The number of nitrogens with zero attached hydrogens (tertiary/aromatic N) is 6. The summed E-state index contributed by atoms with van der Waals surface area (Å²) in [6, 6.07) is 10.6. The van der Waals surface area contributed by atoms with E-state index in [2.05, 4.69) is 39.9 Å². The van der Waals surface area contributed by atoms with Crippen LogP contribution in [0.3, 0.4) is 0 Å². The van der Waals surface area contributed by atoms with Crippen LogP contribution in [0.15, 0.2) is 42.7 Å². The Labute approximate surface area is 164 Å². The smallest absolute Gasteiger partial charge is 0.188 e. The normalized spacial score (nSPS) is 16.9. The van der Waals surface area contributed by atoms with Crippen molar-refractivity contribution < 1.29 is 0 Å². The number of likely N-dealkylation sites (N-methyl/N-ethyl adjacent to an activating group) is 1. The third kappa shape index (κ3) is 3.69. The van der Waals surface area contributed by atoms with Crippen LogP contribution in [0, 0.1) is 0 Å². The lowest BCUT2D eigenvalue weighted by Gasteiger charge is -2.23. The van der Waals surface area contributed by atoms with Gasteiger partial charge in [0.15, 0.2) is 11.6 Å². The number of nitrogens with two attached hydrogens (primary N) is 2. The lowest BCUT2D eigenvalue weighted by Crippen LogP contribution is -2.34. The minimum absolute atomic E-state index is 0.331. The van der Waals surface area contributed by atoms with Gasteiger partial charge in [-0.2, -0.15) is 0 Å². The van der Waals surface area contributed by atoms with E-state index in [1.165, 1.54) is 0 Å². The predicted molar refractivity (Wildman–Crippen MR) is 113 cm³/mol. The van der Waals surface area contributed by atoms with Gasteiger partial charge in [0.05, 0.1) is 18.3 Å². The van der Waals surface area contributed by atoms with Gasteiger partial charge < -0.3 is 15.5 Å². The Morgan fingerprint density at radius 3 is 2.86 bits per heavy atom. The Bertz CT molecular complexity index is 973. The third-order valence-electron chi connectivity index (χ3n) is 5.28. The van der Waals surface area contributed by atoms with E-state index < -0.39 is 0 Å². The summed E-state index contributed by atoms with van der Waals surface area (Å²) in [4.78, 5) is 17.9. The topological polar surface area (TPSA) is 100 Å². The van der Waals surface area contributed by atoms with Crippen LogP contribution in [0.1, 0.15) is 12.0 Å². The fraction of sp³-hybridized carbons (Fsp3) is 0.350. The van der Waals surface area contributed by atoms with Crippen LogP contribution in [0.5, 0.6) is 0 Å². The second-order valence-electron chi connectivity index (χ2n) is 7.45. The molecule has 1 saturated heterocycles. The molecule has 1 atom stereocenters. The number of anilines is 3. The summed E-state index contributed by atoms with van der Waals surface area (Å²) in [7, 11) is 4.21. The molecule has 1 unspecified atom stereocenters. The van der Waals surface area contributed by atoms with E-state index >= 15 is 0 Å². The third-order valence-corrected chi connectivity index (χ3v) is 5.28. The summed E-state index contributed by atoms with van der Waals surface area (Å²) >= 11 is 0. The summed E-state index contributed by atoms with van der Waals surface area (Å²) in [5.74, 6) is 7.96. The molecule has 1 fully saturated rings. The quantitative estimate of drug-likeness (QED) is 0.510. The average molecular weight is 378 g/mol. The van der Waals surface area contributed by atoms with Crippen LogP contribution in [-0.2, 0) is 6.54 Å². The first-order valence-electron chi connectivity index (χ1n) is 9.41. The van der Waals surface area contributed by atoms with Crippen LogP contribution in [-0.4, -0.2) is 53.1 Å². The minimum Gasteiger partial charge on any atom is -0.381 e. The number of benzene rings is 1. The van der Waals surface area contributed by atoms with E-state index in [0.717, 1.165) is 41.8 Å². The van der Waals surface area contributed by atoms with Gasteiger partial charge in [-0.15, -0.1) is 0 Å². The molecular formula is C20H26N8. The van der Waals surface area contributed by atoms with Gasteiger partial charge in [-0.25, -0.2) is 15.8 Å². The molecule has 0 bridgehead atoms. The second-order valence-corrected chi connectivity index (χ2v) is 7.45. The van der Waals surface area contributed by atoms with Crippen LogP contribution >= 0.6 is 0 Å². The van der Waals surface area contributed by atoms with Crippen LogP contribution in [0.2, 0.25) is 0 Å². The molecule has 4 rings (SSSR count). The number of nitrogen functional groups attached to an aromatic ring is 1. The Kier molecular flexibility index (Phi) is 4.97. The maximum Gasteiger partial charge on any atom is 0.188 e. The van der Waals surface area contributed by atoms with Gasteiger partial charge in [-0.3, -0.25) is 9.99 Å². The summed E-state index contributed by atoms with van der Waals surface area (Å²) in [6.07, 6.45) is 4.62. The molecule has 1 aliphatic rings. The standard InChI is InChI=1S/C20H26N8/c1-26(2)16-7-9-27(13-16)18-11-24-19(21)20(25-18)28(22)12-14-5-6-17-15(10-14)4-3-8-23-17/h3-6,8,10-11,16H,7,9,12-13,22H2,1-2H3,(H2,21,24). The molecule has 146 valence electrons. The van der Waals surface area contributed by atoms with Gasteiger partial charge in [0.2, 0.25) is 0 Å². The van der Waals surface area contributed by atoms with Crippen molar-refractivity contribution in [2.24, 2.45) is 5.84 Å². The first kappa shape index (κ1) is 18.4. The highest BCUT2D eigenvalue weighted by molar-refractivity contribution is 5.79. The molecular weight excluding hydrogens is 352 g/mol. The van der Waals surface area contributed by atoms with Crippen molar-refractivity contribution in [3.8, 4) is 0 Å². The summed E-state index contributed by atoms with van der Waals surface area (Å²) in [5, 5.41) is 2.64. The number of hydrazine groups is 1. The van der Waals surface area contributed by atoms with Gasteiger partial charge in [0.1, 0.15) is 5.82 Å². The van der Waals surface area contributed by atoms with Crippen molar-refractivity contribution in [3.05, 3.63) is 48.3 Å². The number of hydrogen-bond donors (Lipinski definition) is 2. The monoisotopic (exact) mass is 378 g/mol. The highest BCUT2D eigenvalue weighted by Gasteiger charge is 2.26. The Hall–Kier alpha value is -2.97. The van der Waals surface area contributed by atoms with Crippen molar-refractivity contribution in [3.63, 3.8) is 0 Å². The van der Waals surface area contributed by atoms with Gasteiger partial charge in [0, 0.05) is 30.7 Å². The van der Waals surface area contributed by atoms with E-state index in [1.807, 2.05) is 24.3 Å². The van der Waals surface area contributed by atoms with Crippen molar-refractivity contribution in [2.45, 2.75) is 19.0 Å². The summed E-state index contributed by atoms with van der Waals surface area (Å²) < 4.78 is 0. The summed E-state index contributed by atoms with van der Waals surface area (Å²) in [5.41, 5.74) is 8.09. The molecule has 0 amide bonds. The molecule has 3 heterocycles. The summed E-state index contributed by atoms with van der Waals surface area (Å²) in [6.45, 7) is 2.35. The Balaban J connectivity index is 1.54. The maximum absolute atomic E-state index is 6.32. The second kappa shape index (κ2) is 7.57. The van der Waals surface area contributed by atoms with E-state index in [1.54, 1.807) is 17.4 Å². The average Bonchev–Trinajstić information content (AvgIpc) is 3.19. The van der Waals surface area contributed by atoms with E-state index in [4.69, 9.17) is 16.6 Å². The molecule has 1 aliphatic heterocycles. The highest BCUT2D eigenvalue weighted by Crippen LogP contribution is 2.25. The van der Waals surface area contributed by atoms with Crippen molar-refractivity contribution >= 4 is 28.4 Å².